The lowest BCUT2D eigenvalue weighted by Gasteiger charge is -2.07. The van der Waals surface area contributed by atoms with E-state index in [2.05, 4.69) is 4.98 Å². The van der Waals surface area contributed by atoms with Gasteiger partial charge in [0.05, 0.1) is 12.0 Å². The molecule has 0 unspecified atom stereocenters. The average Bonchev–Trinajstić information content (AvgIpc) is 2.97. The number of thiazole rings is 1. The third-order valence-electron chi connectivity index (χ3n) is 3.75. The van der Waals surface area contributed by atoms with Crippen LogP contribution in [0, 0.1) is 0 Å². The molecule has 0 aliphatic carbocycles. The van der Waals surface area contributed by atoms with Crippen LogP contribution in [-0.4, -0.2) is 29.6 Å². The fourth-order valence-electron chi connectivity index (χ4n) is 2.39. The van der Waals surface area contributed by atoms with Gasteiger partial charge in [-0.05, 0) is 29.8 Å². The molecule has 0 aliphatic heterocycles. The lowest BCUT2D eigenvalue weighted by Crippen LogP contribution is -2.11. The first-order chi connectivity index (χ1) is 12.5. The largest absolute Gasteiger partial charge is 0.497 e. The minimum atomic E-state index is -0.284. The molecule has 0 amide bonds. The van der Waals surface area contributed by atoms with Gasteiger partial charge >= 0.3 is 4.87 Å². The number of aromatic hydroxyl groups is 1. The lowest BCUT2D eigenvalue weighted by atomic mass is 10.1. The number of ether oxygens (including phenoxy) is 2. The predicted octanol–water partition coefficient (Wildman–Crippen LogP) is 3.00. The van der Waals surface area contributed by atoms with E-state index in [1.807, 2.05) is 12.1 Å². The number of hydrogen-bond acceptors (Lipinski definition) is 6. The van der Waals surface area contributed by atoms with Crippen LogP contribution >= 0.6 is 11.3 Å². The standard InChI is InChI=1S/C19H17NO5S/c1-24-15-4-2-3-13(10-15)16(21)11-25-14-7-5-12(6-8-14)9-17-18(22)20-19(23)26-17/h2-8,10,22H,9,11H2,1H3,(H,20,23). The van der Waals surface area contributed by atoms with Gasteiger partial charge < -0.3 is 14.6 Å². The monoisotopic (exact) mass is 371 g/mol. The predicted molar refractivity (Wildman–Crippen MR) is 98.7 cm³/mol. The summed E-state index contributed by atoms with van der Waals surface area (Å²) in [5, 5.41) is 9.62. The highest BCUT2D eigenvalue weighted by molar-refractivity contribution is 7.09. The molecule has 0 atom stereocenters. The van der Waals surface area contributed by atoms with Gasteiger partial charge in [-0.15, -0.1) is 0 Å². The van der Waals surface area contributed by atoms with Gasteiger partial charge in [0.15, 0.2) is 12.4 Å². The maximum Gasteiger partial charge on any atom is 0.307 e. The Hall–Kier alpha value is -3.06. The summed E-state index contributed by atoms with van der Waals surface area (Å²) in [6.07, 6.45) is 0.443. The zero-order valence-electron chi connectivity index (χ0n) is 14.0. The topological polar surface area (TPSA) is 88.6 Å². The van der Waals surface area contributed by atoms with Crippen molar-refractivity contribution in [2.24, 2.45) is 0 Å². The van der Waals surface area contributed by atoms with Crippen LogP contribution in [0.4, 0.5) is 0 Å². The van der Waals surface area contributed by atoms with Gasteiger partial charge in [-0.3, -0.25) is 14.6 Å². The van der Waals surface area contributed by atoms with Crippen molar-refractivity contribution in [3.05, 3.63) is 74.2 Å². The summed E-state index contributed by atoms with van der Waals surface area (Å²) in [5.41, 5.74) is 1.45. The molecule has 0 spiro atoms. The zero-order chi connectivity index (χ0) is 18.5. The minimum Gasteiger partial charge on any atom is -0.497 e. The highest BCUT2D eigenvalue weighted by atomic mass is 32.1. The number of carbonyl (C=O) groups excluding carboxylic acids is 1. The summed E-state index contributed by atoms with van der Waals surface area (Å²) in [7, 11) is 1.55. The molecule has 3 rings (SSSR count). The molecule has 0 fully saturated rings. The van der Waals surface area contributed by atoms with Crippen molar-refractivity contribution in [2.75, 3.05) is 13.7 Å². The first-order valence-corrected chi connectivity index (χ1v) is 8.67. The first kappa shape index (κ1) is 17.8. The van der Waals surface area contributed by atoms with Crippen LogP contribution in [0.2, 0.25) is 0 Å². The Morgan fingerprint density at radius 1 is 1.15 bits per heavy atom. The molecule has 26 heavy (non-hydrogen) atoms. The number of methoxy groups -OCH3 is 1. The molecular weight excluding hydrogens is 354 g/mol. The van der Waals surface area contributed by atoms with Crippen LogP contribution in [-0.2, 0) is 6.42 Å². The van der Waals surface area contributed by atoms with E-state index in [1.165, 1.54) is 0 Å². The number of carbonyl (C=O) groups is 1. The van der Waals surface area contributed by atoms with Crippen molar-refractivity contribution in [1.29, 1.82) is 0 Å². The van der Waals surface area contributed by atoms with Crippen LogP contribution in [0.15, 0.2) is 53.3 Å². The Morgan fingerprint density at radius 3 is 2.58 bits per heavy atom. The second kappa shape index (κ2) is 7.88. The molecule has 6 nitrogen and oxygen atoms in total. The van der Waals surface area contributed by atoms with Gasteiger partial charge in [0.25, 0.3) is 0 Å². The summed E-state index contributed by atoms with van der Waals surface area (Å²) >= 11 is 0.981. The van der Waals surface area contributed by atoms with Crippen molar-refractivity contribution in [1.82, 2.24) is 4.98 Å². The summed E-state index contributed by atoms with van der Waals surface area (Å²) in [6.45, 7) is -0.0767. The number of Topliss-reactive ketones (excluding diaryl/α,β-unsaturated/α-hetero) is 1. The number of nitrogens with one attached hydrogen (secondary N) is 1. The molecule has 0 aliphatic rings. The molecule has 134 valence electrons. The molecule has 0 radical (unpaired) electrons. The van der Waals surface area contributed by atoms with Gasteiger partial charge in [-0.1, -0.05) is 35.6 Å². The smallest absolute Gasteiger partial charge is 0.307 e. The van der Waals surface area contributed by atoms with Crippen molar-refractivity contribution in [2.45, 2.75) is 6.42 Å². The number of benzene rings is 2. The highest BCUT2D eigenvalue weighted by Gasteiger charge is 2.10. The van der Waals surface area contributed by atoms with Crippen molar-refractivity contribution in [3.63, 3.8) is 0 Å². The summed E-state index contributed by atoms with van der Waals surface area (Å²) in [5.74, 6) is 0.950. The highest BCUT2D eigenvalue weighted by Crippen LogP contribution is 2.22. The summed E-state index contributed by atoms with van der Waals surface area (Å²) in [4.78, 5) is 26.0. The molecule has 1 aromatic heterocycles. The van der Waals surface area contributed by atoms with Crippen LogP contribution < -0.4 is 14.3 Å². The number of ketones is 1. The van der Waals surface area contributed by atoms with Gasteiger partial charge in [0.2, 0.25) is 5.88 Å². The molecule has 0 saturated carbocycles. The van der Waals surface area contributed by atoms with E-state index in [0.29, 0.717) is 28.4 Å². The van der Waals surface area contributed by atoms with Gasteiger partial charge in [0.1, 0.15) is 11.5 Å². The number of aromatic amines is 1. The fraction of sp³-hybridized carbons (Fsp3) is 0.158. The number of aromatic nitrogens is 1. The lowest BCUT2D eigenvalue weighted by molar-refractivity contribution is 0.0921. The van der Waals surface area contributed by atoms with E-state index in [9.17, 15) is 14.7 Å². The van der Waals surface area contributed by atoms with Crippen molar-refractivity contribution < 1.29 is 19.4 Å². The van der Waals surface area contributed by atoms with Gasteiger partial charge in [-0.25, -0.2) is 0 Å². The number of hydrogen-bond donors (Lipinski definition) is 2. The van der Waals surface area contributed by atoms with Gasteiger partial charge in [0, 0.05) is 12.0 Å². The molecule has 1 heterocycles. The minimum absolute atomic E-state index is 0.0767. The SMILES string of the molecule is COc1cccc(C(=O)COc2ccc(Cc3sc(=O)[nH]c3O)cc2)c1. The summed E-state index contributed by atoms with van der Waals surface area (Å²) < 4.78 is 10.6. The van der Waals surface area contributed by atoms with E-state index in [4.69, 9.17) is 9.47 Å². The van der Waals surface area contributed by atoms with E-state index >= 15 is 0 Å². The fourth-order valence-corrected chi connectivity index (χ4v) is 3.15. The second-order valence-corrected chi connectivity index (χ2v) is 6.62. The first-order valence-electron chi connectivity index (χ1n) is 7.85. The van der Waals surface area contributed by atoms with Gasteiger partial charge in [-0.2, -0.15) is 0 Å². The summed E-state index contributed by atoms with van der Waals surface area (Å²) in [6, 6.07) is 14.1. The molecule has 0 saturated heterocycles. The Kier molecular flexibility index (Phi) is 5.38. The normalized spacial score (nSPS) is 10.5. The second-order valence-electron chi connectivity index (χ2n) is 5.55. The molecule has 3 aromatic rings. The third kappa shape index (κ3) is 4.31. The van der Waals surface area contributed by atoms with Crippen LogP contribution in [0.25, 0.3) is 0 Å². The molecule has 2 aromatic carbocycles. The van der Waals surface area contributed by atoms with Crippen molar-refractivity contribution in [3.8, 4) is 17.4 Å². The Bertz CT molecular complexity index is 959. The van der Waals surface area contributed by atoms with E-state index in [0.717, 1.165) is 16.9 Å². The number of rotatable bonds is 7. The van der Waals surface area contributed by atoms with Crippen molar-refractivity contribution >= 4 is 17.1 Å². The average molecular weight is 371 g/mol. The zero-order valence-corrected chi connectivity index (χ0v) is 14.8. The Morgan fingerprint density at radius 2 is 1.92 bits per heavy atom. The maximum absolute atomic E-state index is 12.2. The van der Waals surface area contributed by atoms with E-state index in [1.54, 1.807) is 43.5 Å². The van der Waals surface area contributed by atoms with E-state index in [-0.39, 0.29) is 23.1 Å². The Labute approximate surface area is 153 Å². The van der Waals surface area contributed by atoms with Crippen LogP contribution in [0.3, 0.4) is 0 Å². The number of H-pyrrole nitrogens is 1. The maximum atomic E-state index is 12.2. The molecular formula is C19H17NO5S. The Balaban J connectivity index is 1.59. The third-order valence-corrected chi connectivity index (χ3v) is 4.62. The molecule has 0 bridgehead atoms. The van der Waals surface area contributed by atoms with E-state index < -0.39 is 0 Å². The van der Waals surface area contributed by atoms with Crippen LogP contribution in [0.1, 0.15) is 20.8 Å². The quantitative estimate of drug-likeness (QED) is 0.623. The van der Waals surface area contributed by atoms with Crippen LogP contribution in [0.5, 0.6) is 17.4 Å². The molecule has 7 heteroatoms. The molecule has 2 N–H and O–H groups in total.